The van der Waals surface area contributed by atoms with Crippen LogP contribution in [-0.2, 0) is 12.7 Å². The van der Waals surface area contributed by atoms with E-state index in [9.17, 15) is 18.0 Å². The van der Waals surface area contributed by atoms with Crippen LogP contribution in [0.3, 0.4) is 0 Å². The standard InChI is InChI=1S/C9H10F3NO3/c10-9(11,12)7-6(8(15)16)2-4-13(7)3-1-5-14/h2,4,14H,1,3,5H2,(H,15,16). The van der Waals surface area contributed by atoms with E-state index in [1.54, 1.807) is 0 Å². The van der Waals surface area contributed by atoms with Gasteiger partial charge in [0, 0.05) is 19.3 Å². The molecular formula is C9H10F3NO3. The summed E-state index contributed by atoms with van der Waals surface area (Å²) >= 11 is 0. The largest absolute Gasteiger partial charge is 0.478 e. The number of aromatic nitrogens is 1. The maximum Gasteiger partial charge on any atom is 0.432 e. The number of hydrogen-bond acceptors (Lipinski definition) is 2. The van der Waals surface area contributed by atoms with Gasteiger partial charge in [0.1, 0.15) is 5.69 Å². The third kappa shape index (κ3) is 2.54. The first-order valence-electron chi connectivity index (χ1n) is 4.48. The summed E-state index contributed by atoms with van der Waals surface area (Å²) in [6.45, 7) is -0.323. The predicted octanol–water partition coefficient (Wildman–Crippen LogP) is 1.59. The van der Waals surface area contributed by atoms with Crippen LogP contribution in [-0.4, -0.2) is 27.4 Å². The summed E-state index contributed by atoms with van der Waals surface area (Å²) in [6.07, 6.45) is -3.52. The van der Waals surface area contributed by atoms with Crippen LogP contribution in [0.25, 0.3) is 0 Å². The van der Waals surface area contributed by atoms with Crippen molar-refractivity contribution in [3.8, 4) is 0 Å². The molecule has 1 rings (SSSR count). The predicted molar refractivity (Wildman–Crippen MR) is 48.1 cm³/mol. The average Bonchev–Trinajstić information content (AvgIpc) is 2.57. The van der Waals surface area contributed by atoms with Gasteiger partial charge in [-0.3, -0.25) is 0 Å². The topological polar surface area (TPSA) is 62.5 Å². The average molecular weight is 237 g/mol. The lowest BCUT2D eigenvalue weighted by Gasteiger charge is -2.12. The van der Waals surface area contributed by atoms with Crippen LogP contribution in [0, 0.1) is 0 Å². The normalized spacial score (nSPS) is 11.8. The van der Waals surface area contributed by atoms with Gasteiger partial charge in [-0.25, -0.2) is 4.79 Å². The van der Waals surface area contributed by atoms with Crippen molar-refractivity contribution in [2.24, 2.45) is 0 Å². The van der Waals surface area contributed by atoms with Gasteiger partial charge in [-0.15, -0.1) is 0 Å². The highest BCUT2D eigenvalue weighted by Gasteiger charge is 2.38. The van der Waals surface area contributed by atoms with E-state index in [1.807, 2.05) is 0 Å². The Morgan fingerprint density at radius 2 is 2.06 bits per heavy atom. The Morgan fingerprint density at radius 1 is 1.44 bits per heavy atom. The smallest absolute Gasteiger partial charge is 0.432 e. The number of rotatable bonds is 4. The van der Waals surface area contributed by atoms with E-state index in [2.05, 4.69) is 0 Å². The molecule has 0 aliphatic rings. The number of aromatic carboxylic acids is 1. The minimum Gasteiger partial charge on any atom is -0.478 e. The number of aliphatic hydroxyl groups excluding tert-OH is 1. The molecule has 0 aliphatic heterocycles. The number of carbonyl (C=O) groups is 1. The molecule has 90 valence electrons. The summed E-state index contributed by atoms with van der Waals surface area (Å²) in [5.74, 6) is -1.62. The Kier molecular flexibility index (Phi) is 3.58. The molecule has 0 fully saturated rings. The second-order valence-electron chi connectivity index (χ2n) is 3.15. The van der Waals surface area contributed by atoms with Gasteiger partial charge in [-0.1, -0.05) is 0 Å². The molecule has 16 heavy (non-hydrogen) atoms. The van der Waals surface area contributed by atoms with Crippen molar-refractivity contribution >= 4 is 5.97 Å². The fourth-order valence-electron chi connectivity index (χ4n) is 1.39. The summed E-state index contributed by atoms with van der Waals surface area (Å²) in [5.41, 5.74) is -1.96. The van der Waals surface area contributed by atoms with Crippen molar-refractivity contribution < 1.29 is 28.2 Å². The van der Waals surface area contributed by atoms with Gasteiger partial charge >= 0.3 is 12.1 Å². The molecule has 7 heteroatoms. The molecule has 1 heterocycles. The summed E-state index contributed by atoms with van der Waals surface area (Å²) in [4.78, 5) is 10.6. The lowest BCUT2D eigenvalue weighted by Crippen LogP contribution is -2.17. The number of aliphatic hydroxyl groups is 1. The number of halogens is 3. The van der Waals surface area contributed by atoms with Crippen LogP contribution >= 0.6 is 0 Å². The molecule has 0 amide bonds. The van der Waals surface area contributed by atoms with E-state index in [-0.39, 0.29) is 19.6 Å². The number of alkyl halides is 3. The Morgan fingerprint density at radius 3 is 2.50 bits per heavy atom. The van der Waals surface area contributed by atoms with Crippen molar-refractivity contribution in [3.05, 3.63) is 23.5 Å². The monoisotopic (exact) mass is 237 g/mol. The Bertz CT molecular complexity index is 384. The number of carboxylic acids is 1. The number of hydrogen-bond donors (Lipinski definition) is 2. The third-order valence-corrected chi connectivity index (χ3v) is 2.02. The quantitative estimate of drug-likeness (QED) is 0.835. The van der Waals surface area contributed by atoms with E-state index in [4.69, 9.17) is 10.2 Å². The summed E-state index contributed by atoms with van der Waals surface area (Å²) in [5, 5.41) is 17.1. The molecule has 0 spiro atoms. The number of aryl methyl sites for hydroxylation is 1. The second kappa shape index (κ2) is 4.56. The first-order valence-corrected chi connectivity index (χ1v) is 4.48. The van der Waals surface area contributed by atoms with E-state index < -0.39 is 23.4 Å². The van der Waals surface area contributed by atoms with Gasteiger partial charge in [0.15, 0.2) is 0 Å². The summed E-state index contributed by atoms with van der Waals surface area (Å²) in [6, 6.07) is 0.905. The molecule has 0 radical (unpaired) electrons. The third-order valence-electron chi connectivity index (χ3n) is 2.02. The fourth-order valence-corrected chi connectivity index (χ4v) is 1.39. The summed E-state index contributed by atoms with van der Waals surface area (Å²) in [7, 11) is 0. The lowest BCUT2D eigenvalue weighted by atomic mass is 10.2. The van der Waals surface area contributed by atoms with Crippen LogP contribution in [0.2, 0.25) is 0 Å². The number of carboxylic acid groups (broad SMARTS) is 1. The number of nitrogens with zero attached hydrogens (tertiary/aromatic N) is 1. The first-order chi connectivity index (χ1) is 7.38. The molecule has 0 saturated heterocycles. The van der Waals surface area contributed by atoms with E-state index in [0.29, 0.717) is 0 Å². The zero-order valence-electron chi connectivity index (χ0n) is 8.16. The van der Waals surface area contributed by atoms with Gasteiger partial charge in [-0.2, -0.15) is 13.2 Å². The van der Waals surface area contributed by atoms with Crippen LogP contribution in [0.1, 0.15) is 22.5 Å². The van der Waals surface area contributed by atoms with Crippen molar-refractivity contribution in [2.75, 3.05) is 6.61 Å². The zero-order chi connectivity index (χ0) is 12.3. The SMILES string of the molecule is O=C(O)c1ccn(CCCO)c1C(F)(F)F. The van der Waals surface area contributed by atoms with Crippen molar-refractivity contribution in [1.82, 2.24) is 4.57 Å². The Balaban J connectivity index is 3.15. The van der Waals surface area contributed by atoms with Crippen LogP contribution in [0.15, 0.2) is 12.3 Å². The van der Waals surface area contributed by atoms with Crippen molar-refractivity contribution in [1.29, 1.82) is 0 Å². The maximum absolute atomic E-state index is 12.6. The van der Waals surface area contributed by atoms with Crippen LogP contribution in [0.5, 0.6) is 0 Å². The highest BCUT2D eigenvalue weighted by Crippen LogP contribution is 2.32. The molecule has 0 atom stereocenters. The van der Waals surface area contributed by atoms with Crippen molar-refractivity contribution in [2.45, 2.75) is 19.1 Å². The first kappa shape index (κ1) is 12.6. The molecule has 0 bridgehead atoms. The van der Waals surface area contributed by atoms with Gasteiger partial charge in [-0.05, 0) is 12.5 Å². The van der Waals surface area contributed by atoms with Gasteiger partial charge in [0.2, 0.25) is 0 Å². The lowest BCUT2D eigenvalue weighted by molar-refractivity contribution is -0.144. The molecule has 1 aromatic rings. The summed E-state index contributed by atoms with van der Waals surface area (Å²) < 4.78 is 38.5. The van der Waals surface area contributed by atoms with E-state index in [1.165, 1.54) is 0 Å². The van der Waals surface area contributed by atoms with Crippen LogP contribution in [0.4, 0.5) is 13.2 Å². The molecule has 4 nitrogen and oxygen atoms in total. The highest BCUT2D eigenvalue weighted by molar-refractivity contribution is 5.89. The Labute approximate surface area is 88.9 Å². The van der Waals surface area contributed by atoms with Gasteiger partial charge < -0.3 is 14.8 Å². The molecular weight excluding hydrogens is 227 g/mol. The minimum absolute atomic E-state index is 0.0708. The molecule has 0 aromatic carbocycles. The van der Waals surface area contributed by atoms with E-state index >= 15 is 0 Å². The fraction of sp³-hybridized carbons (Fsp3) is 0.444. The van der Waals surface area contributed by atoms with E-state index in [0.717, 1.165) is 16.8 Å². The maximum atomic E-state index is 12.6. The Hall–Kier alpha value is -1.50. The minimum atomic E-state index is -4.72. The van der Waals surface area contributed by atoms with Crippen molar-refractivity contribution in [3.63, 3.8) is 0 Å². The molecule has 0 aliphatic carbocycles. The zero-order valence-corrected chi connectivity index (χ0v) is 8.16. The molecule has 0 unspecified atom stereocenters. The molecule has 1 aromatic heterocycles. The molecule has 2 N–H and O–H groups in total. The second-order valence-corrected chi connectivity index (χ2v) is 3.15. The van der Waals surface area contributed by atoms with Gasteiger partial charge in [0.05, 0.1) is 5.56 Å². The van der Waals surface area contributed by atoms with Crippen LogP contribution < -0.4 is 0 Å². The molecule has 0 saturated carbocycles. The van der Waals surface area contributed by atoms with Gasteiger partial charge in [0.25, 0.3) is 0 Å². The highest BCUT2D eigenvalue weighted by atomic mass is 19.4.